The molecule has 0 unspecified atom stereocenters. The Morgan fingerprint density at radius 3 is 2.88 bits per heavy atom. The van der Waals surface area contributed by atoms with E-state index in [1.54, 1.807) is 0 Å². The highest BCUT2D eigenvalue weighted by atomic mass is 16.5. The second kappa shape index (κ2) is 7.12. The molecule has 1 aromatic carbocycles. The molecule has 6 nitrogen and oxygen atoms in total. The molecule has 3 aromatic rings. The van der Waals surface area contributed by atoms with Gasteiger partial charge < -0.3 is 15.8 Å². The molecule has 0 saturated carbocycles. The first-order valence-electron chi connectivity index (χ1n) is 8.07. The standard InChI is InChI=1S/C18H21N5O/c1-3-4-10-20-17-15(19)18(22-11-21-17)24-14-7-5-6-13-9-8-12(2)23-16(13)14/h5-9,11H,3-4,10,19H2,1-2H3,(H,20,21,22). The third-order valence-corrected chi connectivity index (χ3v) is 3.70. The van der Waals surface area contributed by atoms with Crippen LogP contribution in [0.1, 0.15) is 25.5 Å². The average molecular weight is 323 g/mol. The second-order valence-electron chi connectivity index (χ2n) is 5.60. The van der Waals surface area contributed by atoms with E-state index in [0.717, 1.165) is 36.0 Å². The largest absolute Gasteiger partial charge is 0.435 e. The SMILES string of the molecule is CCCCNc1ncnc(Oc2cccc3ccc(C)nc23)c1N. The van der Waals surface area contributed by atoms with Crippen LogP contribution < -0.4 is 15.8 Å². The van der Waals surface area contributed by atoms with E-state index >= 15 is 0 Å². The van der Waals surface area contributed by atoms with Crippen molar-refractivity contribution in [3.8, 4) is 11.6 Å². The number of hydrogen-bond acceptors (Lipinski definition) is 6. The van der Waals surface area contributed by atoms with Crippen LogP contribution in [0, 0.1) is 6.92 Å². The number of nitrogen functional groups attached to an aromatic ring is 1. The van der Waals surface area contributed by atoms with E-state index in [-0.39, 0.29) is 0 Å². The molecular formula is C18H21N5O. The summed E-state index contributed by atoms with van der Waals surface area (Å²) < 4.78 is 5.95. The molecule has 0 radical (unpaired) electrons. The molecule has 2 aromatic heterocycles. The molecule has 0 aliphatic rings. The van der Waals surface area contributed by atoms with Crippen molar-refractivity contribution in [1.82, 2.24) is 15.0 Å². The smallest absolute Gasteiger partial charge is 0.248 e. The Hall–Kier alpha value is -2.89. The van der Waals surface area contributed by atoms with Crippen molar-refractivity contribution in [2.24, 2.45) is 0 Å². The Kier molecular flexibility index (Phi) is 4.74. The van der Waals surface area contributed by atoms with Crippen LogP contribution in [0.3, 0.4) is 0 Å². The van der Waals surface area contributed by atoms with Crippen LogP contribution in [-0.2, 0) is 0 Å². The number of nitrogens with two attached hydrogens (primary N) is 1. The molecule has 0 atom stereocenters. The van der Waals surface area contributed by atoms with Crippen molar-refractivity contribution < 1.29 is 4.74 Å². The number of nitrogens with zero attached hydrogens (tertiary/aromatic N) is 3. The maximum atomic E-state index is 6.15. The number of benzene rings is 1. The zero-order chi connectivity index (χ0) is 16.9. The molecule has 0 aliphatic carbocycles. The summed E-state index contributed by atoms with van der Waals surface area (Å²) in [5.74, 6) is 1.55. The fraction of sp³-hybridized carbons (Fsp3) is 0.278. The highest BCUT2D eigenvalue weighted by Crippen LogP contribution is 2.32. The first kappa shape index (κ1) is 16.0. The highest BCUT2D eigenvalue weighted by molar-refractivity contribution is 5.85. The van der Waals surface area contributed by atoms with Gasteiger partial charge in [-0.25, -0.2) is 9.97 Å². The van der Waals surface area contributed by atoms with Gasteiger partial charge in [-0.2, -0.15) is 4.98 Å². The van der Waals surface area contributed by atoms with Crippen molar-refractivity contribution in [1.29, 1.82) is 0 Å². The summed E-state index contributed by atoms with van der Waals surface area (Å²) >= 11 is 0. The number of aromatic nitrogens is 3. The predicted molar refractivity (Wildman–Crippen MR) is 96.4 cm³/mol. The van der Waals surface area contributed by atoms with E-state index in [1.165, 1.54) is 6.33 Å². The number of rotatable bonds is 6. The molecule has 0 spiro atoms. The maximum Gasteiger partial charge on any atom is 0.248 e. The lowest BCUT2D eigenvalue weighted by Crippen LogP contribution is -2.07. The molecule has 0 fully saturated rings. The van der Waals surface area contributed by atoms with Crippen molar-refractivity contribution in [3.05, 3.63) is 42.4 Å². The number of ether oxygens (including phenoxy) is 1. The number of anilines is 2. The van der Waals surface area contributed by atoms with Gasteiger partial charge in [0.2, 0.25) is 5.88 Å². The number of aryl methyl sites for hydroxylation is 1. The van der Waals surface area contributed by atoms with Gasteiger partial charge >= 0.3 is 0 Å². The molecule has 0 amide bonds. The summed E-state index contributed by atoms with van der Waals surface area (Å²) in [5.41, 5.74) is 8.27. The van der Waals surface area contributed by atoms with E-state index in [9.17, 15) is 0 Å². The van der Waals surface area contributed by atoms with Gasteiger partial charge in [-0.3, -0.25) is 0 Å². The number of hydrogen-bond donors (Lipinski definition) is 2. The third-order valence-electron chi connectivity index (χ3n) is 3.70. The second-order valence-corrected chi connectivity index (χ2v) is 5.60. The van der Waals surface area contributed by atoms with Crippen molar-refractivity contribution in [2.75, 3.05) is 17.6 Å². The summed E-state index contributed by atoms with van der Waals surface area (Å²) in [6.07, 6.45) is 3.60. The van der Waals surface area contributed by atoms with Crippen LogP contribution in [0.4, 0.5) is 11.5 Å². The molecule has 0 saturated heterocycles. The monoisotopic (exact) mass is 323 g/mol. The minimum absolute atomic E-state index is 0.333. The van der Waals surface area contributed by atoms with E-state index in [4.69, 9.17) is 10.5 Å². The number of fused-ring (bicyclic) bond motifs is 1. The summed E-state index contributed by atoms with van der Waals surface area (Å²) in [5, 5.41) is 4.22. The summed E-state index contributed by atoms with van der Waals surface area (Å²) in [6.45, 7) is 4.90. The van der Waals surface area contributed by atoms with Crippen LogP contribution >= 0.6 is 0 Å². The average Bonchev–Trinajstić information content (AvgIpc) is 2.59. The molecule has 0 bridgehead atoms. The topological polar surface area (TPSA) is 86.0 Å². The van der Waals surface area contributed by atoms with Crippen molar-refractivity contribution in [2.45, 2.75) is 26.7 Å². The van der Waals surface area contributed by atoms with E-state index in [0.29, 0.717) is 23.1 Å². The van der Waals surface area contributed by atoms with Gasteiger partial charge in [0, 0.05) is 17.6 Å². The predicted octanol–water partition coefficient (Wildman–Crippen LogP) is 3.92. The lowest BCUT2D eigenvalue weighted by Gasteiger charge is -2.12. The molecule has 124 valence electrons. The van der Waals surface area contributed by atoms with Gasteiger partial charge in [-0.1, -0.05) is 31.5 Å². The van der Waals surface area contributed by atoms with Crippen molar-refractivity contribution >= 4 is 22.4 Å². The zero-order valence-corrected chi connectivity index (χ0v) is 13.9. The fourth-order valence-electron chi connectivity index (χ4n) is 2.39. The molecule has 0 aliphatic heterocycles. The van der Waals surface area contributed by atoms with Gasteiger partial charge in [-0.05, 0) is 25.5 Å². The number of nitrogens with one attached hydrogen (secondary N) is 1. The maximum absolute atomic E-state index is 6.15. The van der Waals surface area contributed by atoms with E-state index < -0.39 is 0 Å². The lowest BCUT2D eigenvalue weighted by atomic mass is 10.2. The first-order chi connectivity index (χ1) is 11.7. The molecular weight excluding hydrogens is 302 g/mol. The van der Waals surface area contributed by atoms with Crippen molar-refractivity contribution in [3.63, 3.8) is 0 Å². The van der Waals surface area contributed by atoms with Crippen LogP contribution in [0.2, 0.25) is 0 Å². The number of para-hydroxylation sites is 1. The number of unbranched alkanes of at least 4 members (excludes halogenated alkanes) is 1. The highest BCUT2D eigenvalue weighted by Gasteiger charge is 2.12. The Morgan fingerprint density at radius 2 is 2.04 bits per heavy atom. The van der Waals surface area contributed by atoms with Gasteiger partial charge in [-0.15, -0.1) is 0 Å². The minimum Gasteiger partial charge on any atom is -0.435 e. The van der Waals surface area contributed by atoms with Gasteiger partial charge in [0.15, 0.2) is 11.6 Å². The molecule has 3 rings (SSSR count). The van der Waals surface area contributed by atoms with Gasteiger partial charge in [0.05, 0.1) is 0 Å². The van der Waals surface area contributed by atoms with Crippen LogP contribution in [0.15, 0.2) is 36.7 Å². The molecule has 24 heavy (non-hydrogen) atoms. The fourth-order valence-corrected chi connectivity index (χ4v) is 2.39. The van der Waals surface area contributed by atoms with Crippen LogP contribution in [-0.4, -0.2) is 21.5 Å². The first-order valence-corrected chi connectivity index (χ1v) is 8.07. The van der Waals surface area contributed by atoms with Crippen LogP contribution in [0.5, 0.6) is 11.6 Å². The normalized spacial score (nSPS) is 10.8. The number of pyridine rings is 1. The summed E-state index contributed by atoms with van der Waals surface area (Å²) in [4.78, 5) is 12.9. The molecule has 6 heteroatoms. The van der Waals surface area contributed by atoms with E-state index in [2.05, 4.69) is 27.2 Å². The quantitative estimate of drug-likeness (QED) is 0.669. The minimum atomic E-state index is 0.333. The van der Waals surface area contributed by atoms with E-state index in [1.807, 2.05) is 37.3 Å². The molecule has 2 heterocycles. The molecule has 3 N–H and O–H groups in total. The Balaban J connectivity index is 1.91. The zero-order valence-electron chi connectivity index (χ0n) is 13.9. The van der Waals surface area contributed by atoms with Gasteiger partial charge in [0.25, 0.3) is 0 Å². The summed E-state index contributed by atoms with van der Waals surface area (Å²) in [7, 11) is 0. The Morgan fingerprint density at radius 1 is 1.17 bits per heavy atom. The third kappa shape index (κ3) is 3.37. The Labute approximate surface area is 141 Å². The van der Waals surface area contributed by atoms with Crippen LogP contribution in [0.25, 0.3) is 10.9 Å². The summed E-state index contributed by atoms with van der Waals surface area (Å²) in [6, 6.07) is 9.77. The Bertz CT molecular complexity index is 850. The lowest BCUT2D eigenvalue weighted by molar-refractivity contribution is 0.468. The van der Waals surface area contributed by atoms with Gasteiger partial charge in [0.1, 0.15) is 17.5 Å².